The molecule has 27 heavy (non-hydrogen) atoms. The summed E-state index contributed by atoms with van der Waals surface area (Å²) in [5, 5.41) is 4.04. The number of nitrogens with one attached hydrogen (secondary N) is 1. The molecule has 3 rings (SSSR count). The first-order chi connectivity index (χ1) is 12.7. The number of amides is 1. The van der Waals surface area contributed by atoms with Crippen LogP contribution in [0.5, 0.6) is 0 Å². The van der Waals surface area contributed by atoms with Gasteiger partial charge in [-0.05, 0) is 58.3 Å². The molecule has 0 unspecified atom stereocenters. The van der Waals surface area contributed by atoms with E-state index in [9.17, 15) is 4.79 Å². The number of carbonyl (C=O) groups excluding carboxylic acids is 1. The number of hydrogen-bond donors (Lipinski definition) is 1. The predicted octanol–water partition coefficient (Wildman–Crippen LogP) is 4.15. The minimum absolute atomic E-state index is 0.0512. The number of likely N-dealkylation sites (N-methyl/N-ethyl adjacent to an activating group) is 2. The number of halogens is 1. The van der Waals surface area contributed by atoms with Crippen LogP contribution in [0.2, 0.25) is 5.02 Å². The van der Waals surface area contributed by atoms with Gasteiger partial charge >= 0.3 is 0 Å². The minimum atomic E-state index is -0.590. The maximum atomic E-state index is 13.4. The van der Waals surface area contributed by atoms with Gasteiger partial charge in [0.25, 0.3) is 5.91 Å². The fourth-order valence-corrected chi connectivity index (χ4v) is 3.56. The molecule has 0 aromatic heterocycles. The normalized spacial score (nSPS) is 15.5. The molecule has 1 amide bonds. The quantitative estimate of drug-likeness (QED) is 0.837. The summed E-state index contributed by atoms with van der Waals surface area (Å²) in [5.41, 5.74) is 2.64. The molecule has 0 fully saturated rings. The Labute approximate surface area is 166 Å². The van der Waals surface area contributed by atoms with Crippen LogP contribution in [-0.2, 0) is 0 Å². The third kappa shape index (κ3) is 3.89. The van der Waals surface area contributed by atoms with Gasteiger partial charge in [-0.2, -0.15) is 0 Å². The zero-order valence-corrected chi connectivity index (χ0v) is 17.3. The van der Waals surface area contributed by atoms with Crippen LogP contribution in [0, 0.1) is 0 Å². The van der Waals surface area contributed by atoms with Crippen molar-refractivity contribution in [1.29, 1.82) is 0 Å². The molecule has 1 aliphatic heterocycles. The second-order valence-corrected chi connectivity index (χ2v) is 8.14. The maximum Gasteiger partial charge on any atom is 0.262 e. The monoisotopic (exact) mass is 386 g/mol. The molecular weight excluding hydrogens is 360 g/mol. The van der Waals surface area contributed by atoms with E-state index >= 15 is 0 Å². The molecular formula is C21H27ClN4O. The summed E-state index contributed by atoms with van der Waals surface area (Å²) >= 11 is 6.40. The Morgan fingerprint density at radius 3 is 2.44 bits per heavy atom. The number of carbonyl (C=O) groups is 1. The highest BCUT2D eigenvalue weighted by Gasteiger charge is 2.39. The second-order valence-electron chi connectivity index (χ2n) is 7.73. The summed E-state index contributed by atoms with van der Waals surface area (Å²) in [6, 6.07) is 13.4. The smallest absolute Gasteiger partial charge is 0.262 e. The third-order valence-corrected chi connectivity index (χ3v) is 5.17. The van der Waals surface area contributed by atoms with Crippen LogP contribution in [0.1, 0.15) is 24.2 Å². The molecule has 5 nitrogen and oxygen atoms in total. The fourth-order valence-electron chi connectivity index (χ4n) is 3.34. The number of hydrogen-bond acceptors (Lipinski definition) is 4. The van der Waals surface area contributed by atoms with Crippen LogP contribution in [0.3, 0.4) is 0 Å². The van der Waals surface area contributed by atoms with Crippen molar-refractivity contribution in [3.05, 3.63) is 53.1 Å². The van der Waals surface area contributed by atoms with Crippen LogP contribution in [0.15, 0.2) is 42.5 Å². The molecule has 2 aromatic carbocycles. The van der Waals surface area contributed by atoms with E-state index in [2.05, 4.69) is 35.3 Å². The molecule has 0 saturated heterocycles. The summed E-state index contributed by atoms with van der Waals surface area (Å²) in [5.74, 6) is -0.0512. The molecule has 144 valence electrons. The van der Waals surface area contributed by atoms with Gasteiger partial charge in [-0.3, -0.25) is 9.69 Å². The first kappa shape index (κ1) is 19.5. The fraction of sp³-hybridized carbons (Fsp3) is 0.381. The Morgan fingerprint density at radius 2 is 1.78 bits per heavy atom. The lowest BCUT2D eigenvalue weighted by Gasteiger charge is -2.44. The molecule has 0 saturated carbocycles. The van der Waals surface area contributed by atoms with E-state index in [4.69, 9.17) is 11.6 Å². The number of anilines is 3. The Balaban J connectivity index is 1.98. The van der Waals surface area contributed by atoms with Gasteiger partial charge in [0, 0.05) is 31.5 Å². The van der Waals surface area contributed by atoms with Crippen LogP contribution < -0.4 is 15.1 Å². The first-order valence-electron chi connectivity index (χ1n) is 9.08. The number of nitrogens with zero attached hydrogens (tertiary/aromatic N) is 3. The molecule has 1 heterocycles. The minimum Gasteiger partial charge on any atom is -0.373 e. The van der Waals surface area contributed by atoms with Gasteiger partial charge in [0.15, 0.2) is 0 Å². The number of rotatable bonds is 5. The molecule has 1 aliphatic rings. The first-order valence-corrected chi connectivity index (χ1v) is 9.45. The largest absolute Gasteiger partial charge is 0.373 e. The van der Waals surface area contributed by atoms with E-state index in [-0.39, 0.29) is 5.91 Å². The zero-order chi connectivity index (χ0) is 19.8. The molecule has 0 atom stereocenters. The Hall–Kier alpha value is -2.24. The van der Waals surface area contributed by atoms with Gasteiger partial charge < -0.3 is 15.1 Å². The number of benzene rings is 2. The molecule has 0 spiro atoms. The van der Waals surface area contributed by atoms with E-state index < -0.39 is 5.66 Å². The lowest BCUT2D eigenvalue weighted by atomic mass is 10.00. The van der Waals surface area contributed by atoms with Gasteiger partial charge in [0.05, 0.1) is 16.3 Å². The Morgan fingerprint density at radius 1 is 1.07 bits per heavy atom. The molecule has 1 N–H and O–H groups in total. The Kier molecular flexibility index (Phi) is 5.36. The van der Waals surface area contributed by atoms with Crippen molar-refractivity contribution >= 4 is 34.6 Å². The summed E-state index contributed by atoms with van der Waals surface area (Å²) < 4.78 is 0. The van der Waals surface area contributed by atoms with Crippen molar-refractivity contribution in [3.8, 4) is 0 Å². The van der Waals surface area contributed by atoms with E-state index in [1.165, 1.54) is 0 Å². The van der Waals surface area contributed by atoms with Gasteiger partial charge in [-0.25, -0.2) is 0 Å². The van der Waals surface area contributed by atoms with Crippen LogP contribution in [0.25, 0.3) is 0 Å². The van der Waals surface area contributed by atoms with E-state index in [1.54, 1.807) is 11.0 Å². The van der Waals surface area contributed by atoms with Crippen molar-refractivity contribution in [3.63, 3.8) is 0 Å². The van der Waals surface area contributed by atoms with E-state index in [1.807, 2.05) is 51.2 Å². The van der Waals surface area contributed by atoms with Crippen LogP contribution in [0.4, 0.5) is 17.1 Å². The number of para-hydroxylation sites is 1. The average molecular weight is 387 g/mol. The summed E-state index contributed by atoms with van der Waals surface area (Å²) in [7, 11) is 6.15. The average Bonchev–Trinajstić information content (AvgIpc) is 2.60. The predicted molar refractivity (Wildman–Crippen MR) is 114 cm³/mol. The van der Waals surface area contributed by atoms with E-state index in [0.29, 0.717) is 16.3 Å². The number of fused-ring (bicyclic) bond motifs is 1. The molecule has 6 heteroatoms. The van der Waals surface area contributed by atoms with Gasteiger partial charge in [-0.1, -0.05) is 23.7 Å². The van der Waals surface area contributed by atoms with Crippen molar-refractivity contribution in [1.82, 2.24) is 4.90 Å². The molecule has 0 bridgehead atoms. The standard InChI is InChI=1S/C21H27ClN4O/c1-21(2)23-18-11-10-15(25(5)13-12-24(3)4)14-16(18)20(27)26(21)19-9-7-6-8-17(19)22/h6-11,14,23H,12-13H2,1-5H3. The van der Waals surface area contributed by atoms with E-state index in [0.717, 1.165) is 24.5 Å². The zero-order valence-electron chi connectivity index (χ0n) is 16.6. The topological polar surface area (TPSA) is 38.8 Å². The van der Waals surface area contributed by atoms with Crippen molar-refractivity contribution < 1.29 is 4.79 Å². The third-order valence-electron chi connectivity index (χ3n) is 4.85. The molecule has 0 radical (unpaired) electrons. The van der Waals surface area contributed by atoms with Gasteiger partial charge in [0.2, 0.25) is 0 Å². The maximum absolute atomic E-state index is 13.4. The lowest BCUT2D eigenvalue weighted by Crippen LogP contribution is -2.56. The summed E-state index contributed by atoms with van der Waals surface area (Å²) in [6.07, 6.45) is 0. The highest BCUT2D eigenvalue weighted by Crippen LogP contribution is 2.39. The molecule has 0 aliphatic carbocycles. The molecule has 2 aromatic rings. The van der Waals surface area contributed by atoms with Crippen molar-refractivity contribution in [2.24, 2.45) is 0 Å². The van der Waals surface area contributed by atoms with Crippen molar-refractivity contribution in [2.75, 3.05) is 49.3 Å². The highest BCUT2D eigenvalue weighted by atomic mass is 35.5. The van der Waals surface area contributed by atoms with Crippen LogP contribution >= 0.6 is 11.6 Å². The Bertz CT molecular complexity index is 850. The second kappa shape index (κ2) is 7.41. The lowest BCUT2D eigenvalue weighted by molar-refractivity contribution is 0.0961. The highest BCUT2D eigenvalue weighted by molar-refractivity contribution is 6.34. The van der Waals surface area contributed by atoms with Gasteiger partial charge in [0.1, 0.15) is 5.66 Å². The summed E-state index contributed by atoms with van der Waals surface area (Å²) in [6.45, 7) is 5.79. The summed E-state index contributed by atoms with van der Waals surface area (Å²) in [4.78, 5) is 19.5. The van der Waals surface area contributed by atoms with Crippen LogP contribution in [-0.4, -0.2) is 50.7 Å². The van der Waals surface area contributed by atoms with Crippen molar-refractivity contribution in [2.45, 2.75) is 19.5 Å². The SMILES string of the molecule is CN(C)CCN(C)c1ccc2c(c1)C(=O)N(c1ccccc1Cl)C(C)(C)N2. The van der Waals surface area contributed by atoms with Gasteiger partial charge in [-0.15, -0.1) is 0 Å².